The molecule has 2 heterocycles. The maximum Gasteiger partial charge on any atom is 0.308 e. The van der Waals surface area contributed by atoms with E-state index in [0.717, 1.165) is 16.0 Å². The number of hydrazine groups is 1. The highest BCUT2D eigenvalue weighted by atomic mass is 35.5. The number of nitrogens with zero attached hydrogens (tertiary/aromatic N) is 3. The lowest BCUT2D eigenvalue weighted by Crippen LogP contribution is -2.55. The molecule has 0 unspecified atom stereocenters. The standard InChI is InChI=1S/C20H18ClFN4O3S/c21-14-3-6-17-16(11-14)26(20(29)30-17)12-18(27)24-7-9-25(10-8-24)23-19(28)13-1-4-15(22)5-2-13/h1-6,11H,7-10,12H2,(H,23,28). The van der Waals surface area contributed by atoms with Gasteiger partial charge in [0.05, 0.1) is 10.2 Å². The molecule has 2 aromatic carbocycles. The number of fused-ring (bicyclic) bond motifs is 1. The van der Waals surface area contributed by atoms with Crippen LogP contribution < -0.4 is 10.3 Å². The molecule has 156 valence electrons. The number of aromatic nitrogens is 1. The van der Waals surface area contributed by atoms with E-state index >= 15 is 0 Å². The first-order chi connectivity index (χ1) is 14.4. The molecule has 0 saturated carbocycles. The van der Waals surface area contributed by atoms with Crippen LogP contribution in [0.5, 0.6) is 0 Å². The van der Waals surface area contributed by atoms with Gasteiger partial charge in [-0.3, -0.25) is 24.4 Å². The zero-order valence-electron chi connectivity index (χ0n) is 15.8. The van der Waals surface area contributed by atoms with E-state index in [2.05, 4.69) is 5.43 Å². The number of halogens is 2. The molecule has 2 amide bonds. The second-order valence-corrected chi connectivity index (χ2v) is 8.31. The Labute approximate surface area is 180 Å². The molecule has 0 radical (unpaired) electrons. The topological polar surface area (TPSA) is 74.7 Å². The highest BCUT2D eigenvalue weighted by molar-refractivity contribution is 7.16. The van der Waals surface area contributed by atoms with E-state index in [4.69, 9.17) is 11.6 Å². The minimum Gasteiger partial charge on any atom is -0.338 e. The third-order valence-electron chi connectivity index (χ3n) is 4.92. The first-order valence-corrected chi connectivity index (χ1v) is 10.5. The number of rotatable bonds is 4. The summed E-state index contributed by atoms with van der Waals surface area (Å²) in [5.74, 6) is -0.900. The van der Waals surface area contributed by atoms with Gasteiger partial charge in [0, 0.05) is 36.8 Å². The van der Waals surface area contributed by atoms with Gasteiger partial charge in [0.15, 0.2) is 0 Å². The second-order valence-electron chi connectivity index (χ2n) is 6.88. The van der Waals surface area contributed by atoms with Gasteiger partial charge in [-0.2, -0.15) is 0 Å². The van der Waals surface area contributed by atoms with Gasteiger partial charge < -0.3 is 4.90 Å². The van der Waals surface area contributed by atoms with Gasteiger partial charge in [0.25, 0.3) is 5.91 Å². The molecule has 0 aliphatic carbocycles. The van der Waals surface area contributed by atoms with E-state index in [1.54, 1.807) is 28.1 Å². The van der Waals surface area contributed by atoms with Crippen LogP contribution in [0.2, 0.25) is 5.02 Å². The lowest BCUT2D eigenvalue weighted by Gasteiger charge is -2.34. The summed E-state index contributed by atoms with van der Waals surface area (Å²) in [5, 5.41) is 2.23. The Morgan fingerprint density at radius 2 is 1.77 bits per heavy atom. The molecule has 3 aromatic rings. The highest BCUT2D eigenvalue weighted by Gasteiger charge is 2.23. The maximum absolute atomic E-state index is 13.0. The fourth-order valence-corrected chi connectivity index (χ4v) is 4.33. The van der Waals surface area contributed by atoms with Crippen LogP contribution in [0.4, 0.5) is 4.39 Å². The Morgan fingerprint density at radius 3 is 2.47 bits per heavy atom. The highest BCUT2D eigenvalue weighted by Crippen LogP contribution is 2.21. The third kappa shape index (κ3) is 4.38. The molecule has 0 atom stereocenters. The molecule has 1 aromatic heterocycles. The molecule has 4 rings (SSSR count). The number of amides is 2. The number of hydrogen-bond acceptors (Lipinski definition) is 5. The Balaban J connectivity index is 1.35. The number of thiazole rings is 1. The Kier molecular flexibility index (Phi) is 5.85. The largest absolute Gasteiger partial charge is 0.338 e. The first kappa shape index (κ1) is 20.5. The van der Waals surface area contributed by atoms with E-state index in [9.17, 15) is 18.8 Å². The van der Waals surface area contributed by atoms with Crippen LogP contribution in [-0.4, -0.2) is 52.5 Å². The summed E-state index contributed by atoms with van der Waals surface area (Å²) < 4.78 is 15.2. The fourth-order valence-electron chi connectivity index (χ4n) is 3.30. The van der Waals surface area contributed by atoms with Crippen molar-refractivity contribution in [3.05, 3.63) is 68.5 Å². The number of carbonyl (C=O) groups excluding carboxylic acids is 2. The van der Waals surface area contributed by atoms with Crippen molar-refractivity contribution in [2.75, 3.05) is 26.2 Å². The molecule has 1 aliphatic rings. The van der Waals surface area contributed by atoms with E-state index in [1.807, 2.05) is 0 Å². The summed E-state index contributed by atoms with van der Waals surface area (Å²) in [5.41, 5.74) is 3.77. The fraction of sp³-hybridized carbons (Fsp3) is 0.250. The molecule has 10 heteroatoms. The van der Waals surface area contributed by atoms with Gasteiger partial charge in [-0.1, -0.05) is 22.9 Å². The SMILES string of the molecule is O=C(NN1CCN(C(=O)Cn2c(=O)sc3ccc(Cl)cc32)CC1)c1ccc(F)cc1. The molecule has 1 N–H and O–H groups in total. The van der Waals surface area contributed by atoms with Crippen LogP contribution in [0, 0.1) is 5.82 Å². The Hall–Kier alpha value is -2.75. The Bertz CT molecular complexity index is 1150. The van der Waals surface area contributed by atoms with Crippen molar-refractivity contribution in [3.8, 4) is 0 Å². The molecular weight excluding hydrogens is 431 g/mol. The third-order valence-corrected chi connectivity index (χ3v) is 6.12. The van der Waals surface area contributed by atoms with Crippen LogP contribution in [0.25, 0.3) is 10.2 Å². The van der Waals surface area contributed by atoms with E-state index in [-0.39, 0.29) is 23.2 Å². The smallest absolute Gasteiger partial charge is 0.308 e. The number of benzene rings is 2. The van der Waals surface area contributed by atoms with Crippen LogP contribution in [-0.2, 0) is 11.3 Å². The first-order valence-electron chi connectivity index (χ1n) is 9.29. The second kappa shape index (κ2) is 8.55. The summed E-state index contributed by atoms with van der Waals surface area (Å²) in [7, 11) is 0. The van der Waals surface area contributed by atoms with Crippen LogP contribution in [0.3, 0.4) is 0 Å². The number of nitrogens with one attached hydrogen (secondary N) is 1. The number of piperazine rings is 1. The zero-order chi connectivity index (χ0) is 21.3. The normalized spacial score (nSPS) is 14.8. The summed E-state index contributed by atoms with van der Waals surface area (Å²) >= 11 is 7.11. The maximum atomic E-state index is 13.0. The molecule has 0 bridgehead atoms. The van der Waals surface area contributed by atoms with E-state index in [0.29, 0.717) is 42.3 Å². The van der Waals surface area contributed by atoms with Gasteiger partial charge >= 0.3 is 4.87 Å². The molecule has 7 nitrogen and oxygen atoms in total. The molecule has 0 spiro atoms. The van der Waals surface area contributed by atoms with Gasteiger partial charge in [0.1, 0.15) is 12.4 Å². The summed E-state index contributed by atoms with van der Waals surface area (Å²) in [6, 6.07) is 10.5. The molecule has 1 saturated heterocycles. The van der Waals surface area contributed by atoms with Gasteiger partial charge in [-0.25, -0.2) is 9.40 Å². The molecule has 30 heavy (non-hydrogen) atoms. The lowest BCUT2D eigenvalue weighted by molar-refractivity contribution is -0.133. The van der Waals surface area contributed by atoms with Crippen LogP contribution in [0.1, 0.15) is 10.4 Å². The lowest BCUT2D eigenvalue weighted by atomic mass is 10.2. The van der Waals surface area contributed by atoms with Crippen molar-refractivity contribution in [3.63, 3.8) is 0 Å². The average Bonchev–Trinajstić information content (AvgIpc) is 3.03. The summed E-state index contributed by atoms with van der Waals surface area (Å²) in [6.07, 6.45) is 0. The summed E-state index contributed by atoms with van der Waals surface area (Å²) in [6.45, 7) is 1.68. The van der Waals surface area contributed by atoms with Gasteiger partial charge in [-0.05, 0) is 42.5 Å². The van der Waals surface area contributed by atoms with Crippen molar-refractivity contribution < 1.29 is 14.0 Å². The van der Waals surface area contributed by atoms with Gasteiger partial charge in [0.2, 0.25) is 5.91 Å². The van der Waals surface area contributed by atoms with Crippen molar-refractivity contribution in [1.82, 2.24) is 19.9 Å². The monoisotopic (exact) mass is 448 g/mol. The van der Waals surface area contributed by atoms with Crippen molar-refractivity contribution in [2.45, 2.75) is 6.54 Å². The van der Waals surface area contributed by atoms with Crippen LogP contribution >= 0.6 is 22.9 Å². The van der Waals surface area contributed by atoms with Gasteiger partial charge in [-0.15, -0.1) is 0 Å². The predicted molar refractivity (Wildman–Crippen MR) is 113 cm³/mol. The van der Waals surface area contributed by atoms with Crippen molar-refractivity contribution in [2.24, 2.45) is 0 Å². The van der Waals surface area contributed by atoms with Crippen LogP contribution in [0.15, 0.2) is 47.3 Å². The van der Waals surface area contributed by atoms with Crippen molar-refractivity contribution >= 4 is 45.0 Å². The molecule has 1 aliphatic heterocycles. The predicted octanol–water partition coefficient (Wildman–Crippen LogP) is 2.34. The quantitative estimate of drug-likeness (QED) is 0.665. The van der Waals surface area contributed by atoms with Crippen molar-refractivity contribution in [1.29, 1.82) is 0 Å². The number of carbonyl (C=O) groups is 2. The minimum absolute atomic E-state index is 0.0545. The van der Waals surface area contributed by atoms with E-state index < -0.39 is 5.82 Å². The average molecular weight is 449 g/mol. The zero-order valence-corrected chi connectivity index (χ0v) is 17.4. The number of hydrogen-bond donors (Lipinski definition) is 1. The van der Waals surface area contributed by atoms with E-state index in [1.165, 1.54) is 28.8 Å². The minimum atomic E-state index is -0.404. The molecular formula is C20H18ClFN4O3S. The molecule has 1 fully saturated rings. The Morgan fingerprint density at radius 1 is 1.07 bits per heavy atom. The summed E-state index contributed by atoms with van der Waals surface area (Å²) in [4.78, 5) is 38.7.